The SMILES string of the molecule is COc1cc2c(cc1OC)C(C)(C)CC2Cl. The lowest BCUT2D eigenvalue weighted by atomic mass is 9.86. The molecule has 0 bridgehead atoms. The van der Waals surface area contributed by atoms with Crippen molar-refractivity contribution in [3.63, 3.8) is 0 Å². The molecule has 2 nitrogen and oxygen atoms in total. The Morgan fingerprint density at radius 1 is 1.19 bits per heavy atom. The van der Waals surface area contributed by atoms with Crippen LogP contribution >= 0.6 is 11.6 Å². The molecule has 0 spiro atoms. The summed E-state index contributed by atoms with van der Waals surface area (Å²) in [5.41, 5.74) is 2.55. The number of fused-ring (bicyclic) bond motifs is 1. The molecule has 0 aliphatic heterocycles. The van der Waals surface area contributed by atoms with Crippen molar-refractivity contribution in [1.82, 2.24) is 0 Å². The standard InChI is InChI=1S/C13H17ClO2/c1-13(2)7-10(14)8-5-11(15-3)12(16-4)6-9(8)13/h5-6,10H,7H2,1-4H3. The minimum absolute atomic E-state index is 0.0739. The van der Waals surface area contributed by atoms with E-state index in [1.54, 1.807) is 14.2 Å². The lowest BCUT2D eigenvalue weighted by Crippen LogP contribution is -2.12. The van der Waals surface area contributed by atoms with Crippen LogP contribution in [0.3, 0.4) is 0 Å². The Bertz CT molecular complexity index is 413. The highest BCUT2D eigenvalue weighted by atomic mass is 35.5. The van der Waals surface area contributed by atoms with E-state index in [9.17, 15) is 0 Å². The Hall–Kier alpha value is -0.890. The van der Waals surface area contributed by atoms with Crippen molar-refractivity contribution in [2.24, 2.45) is 0 Å². The van der Waals surface area contributed by atoms with Gasteiger partial charge in [-0.1, -0.05) is 13.8 Å². The maximum absolute atomic E-state index is 6.36. The van der Waals surface area contributed by atoms with Crippen LogP contribution in [0, 0.1) is 0 Å². The van der Waals surface area contributed by atoms with Crippen LogP contribution < -0.4 is 9.47 Å². The molecule has 0 saturated carbocycles. The number of ether oxygens (including phenoxy) is 2. The van der Waals surface area contributed by atoms with Gasteiger partial charge in [-0.3, -0.25) is 0 Å². The molecule has 1 aromatic rings. The van der Waals surface area contributed by atoms with E-state index in [0.717, 1.165) is 17.9 Å². The molecule has 1 aliphatic rings. The number of hydrogen-bond acceptors (Lipinski definition) is 2. The smallest absolute Gasteiger partial charge is 0.161 e. The van der Waals surface area contributed by atoms with E-state index in [1.807, 2.05) is 6.07 Å². The van der Waals surface area contributed by atoms with Gasteiger partial charge in [0, 0.05) is 0 Å². The molecule has 16 heavy (non-hydrogen) atoms. The van der Waals surface area contributed by atoms with E-state index >= 15 is 0 Å². The Morgan fingerprint density at radius 3 is 2.31 bits per heavy atom. The molecule has 1 unspecified atom stereocenters. The summed E-state index contributed by atoms with van der Waals surface area (Å²) in [5, 5.41) is 0.0739. The average Bonchev–Trinajstić information content (AvgIpc) is 2.47. The molecule has 0 amide bonds. The van der Waals surface area contributed by atoms with E-state index in [0.29, 0.717) is 0 Å². The molecule has 1 aliphatic carbocycles. The van der Waals surface area contributed by atoms with Crippen LogP contribution in [0.25, 0.3) is 0 Å². The monoisotopic (exact) mass is 240 g/mol. The summed E-state index contributed by atoms with van der Waals surface area (Å²) >= 11 is 6.36. The molecule has 1 atom stereocenters. The third-order valence-electron chi connectivity index (χ3n) is 3.31. The fourth-order valence-electron chi connectivity index (χ4n) is 2.41. The highest BCUT2D eigenvalue weighted by Gasteiger charge is 2.37. The van der Waals surface area contributed by atoms with Gasteiger partial charge in [0.15, 0.2) is 11.5 Å². The normalized spacial score (nSPS) is 21.7. The van der Waals surface area contributed by atoms with Crippen molar-refractivity contribution in [2.75, 3.05) is 14.2 Å². The van der Waals surface area contributed by atoms with Gasteiger partial charge in [-0.05, 0) is 35.1 Å². The van der Waals surface area contributed by atoms with E-state index in [-0.39, 0.29) is 10.8 Å². The van der Waals surface area contributed by atoms with Gasteiger partial charge in [0.2, 0.25) is 0 Å². The predicted molar refractivity (Wildman–Crippen MR) is 65.8 cm³/mol. The molecule has 0 fully saturated rings. The van der Waals surface area contributed by atoms with E-state index in [1.165, 1.54) is 11.1 Å². The van der Waals surface area contributed by atoms with Crippen molar-refractivity contribution in [2.45, 2.75) is 31.1 Å². The lowest BCUT2D eigenvalue weighted by Gasteiger charge is -2.20. The van der Waals surface area contributed by atoms with E-state index < -0.39 is 0 Å². The Kier molecular flexibility index (Phi) is 2.79. The van der Waals surface area contributed by atoms with Crippen LogP contribution in [0.2, 0.25) is 0 Å². The summed E-state index contributed by atoms with van der Waals surface area (Å²) in [6, 6.07) is 4.05. The lowest BCUT2D eigenvalue weighted by molar-refractivity contribution is 0.353. The number of methoxy groups -OCH3 is 2. The zero-order chi connectivity index (χ0) is 11.9. The van der Waals surface area contributed by atoms with Gasteiger partial charge >= 0.3 is 0 Å². The summed E-state index contributed by atoms with van der Waals surface area (Å²) in [4.78, 5) is 0. The molecule has 0 radical (unpaired) electrons. The highest BCUT2D eigenvalue weighted by molar-refractivity contribution is 6.21. The van der Waals surface area contributed by atoms with Crippen LogP contribution in [0.5, 0.6) is 11.5 Å². The first-order chi connectivity index (χ1) is 7.49. The van der Waals surface area contributed by atoms with Crippen LogP contribution in [-0.4, -0.2) is 14.2 Å². The Labute approximate surface area is 102 Å². The van der Waals surface area contributed by atoms with Gasteiger partial charge in [0.1, 0.15) is 0 Å². The molecule has 0 saturated heterocycles. The fraction of sp³-hybridized carbons (Fsp3) is 0.538. The van der Waals surface area contributed by atoms with E-state index in [4.69, 9.17) is 21.1 Å². The first kappa shape index (κ1) is 11.6. The molecular weight excluding hydrogens is 224 g/mol. The summed E-state index contributed by atoms with van der Waals surface area (Å²) < 4.78 is 10.6. The van der Waals surface area contributed by atoms with Gasteiger partial charge in [0.05, 0.1) is 19.6 Å². The van der Waals surface area contributed by atoms with Crippen LogP contribution in [0.1, 0.15) is 36.8 Å². The minimum Gasteiger partial charge on any atom is -0.493 e. The van der Waals surface area contributed by atoms with E-state index in [2.05, 4.69) is 19.9 Å². The number of hydrogen-bond donors (Lipinski definition) is 0. The van der Waals surface area contributed by atoms with Gasteiger partial charge < -0.3 is 9.47 Å². The van der Waals surface area contributed by atoms with Gasteiger partial charge in [-0.2, -0.15) is 0 Å². The second kappa shape index (κ2) is 3.85. The maximum Gasteiger partial charge on any atom is 0.161 e. The second-order valence-electron chi connectivity index (χ2n) is 4.85. The van der Waals surface area contributed by atoms with Gasteiger partial charge in [0.25, 0.3) is 0 Å². The third kappa shape index (κ3) is 1.65. The summed E-state index contributed by atoms with van der Waals surface area (Å²) in [6.07, 6.45) is 0.959. The van der Waals surface area contributed by atoms with Crippen LogP contribution in [0.4, 0.5) is 0 Å². The molecule has 1 aromatic carbocycles. The molecule has 3 heteroatoms. The second-order valence-corrected chi connectivity index (χ2v) is 5.38. The molecule has 0 heterocycles. The number of benzene rings is 1. The highest BCUT2D eigenvalue weighted by Crippen LogP contribution is 2.50. The fourth-order valence-corrected chi connectivity index (χ4v) is 2.97. The largest absolute Gasteiger partial charge is 0.493 e. The molecule has 0 N–H and O–H groups in total. The number of alkyl halides is 1. The van der Waals surface area contributed by atoms with Crippen molar-refractivity contribution < 1.29 is 9.47 Å². The summed E-state index contributed by atoms with van der Waals surface area (Å²) in [5.74, 6) is 1.53. The van der Waals surface area contributed by atoms with Crippen LogP contribution in [-0.2, 0) is 5.41 Å². The molecular formula is C13H17ClO2. The number of rotatable bonds is 2. The Balaban J connectivity index is 2.59. The van der Waals surface area contributed by atoms with Crippen molar-refractivity contribution in [1.29, 1.82) is 0 Å². The van der Waals surface area contributed by atoms with Crippen molar-refractivity contribution >= 4 is 11.6 Å². The zero-order valence-electron chi connectivity index (χ0n) is 10.1. The maximum atomic E-state index is 6.36. The topological polar surface area (TPSA) is 18.5 Å². The van der Waals surface area contributed by atoms with Crippen molar-refractivity contribution in [3.05, 3.63) is 23.3 Å². The van der Waals surface area contributed by atoms with Crippen molar-refractivity contribution in [3.8, 4) is 11.5 Å². The average molecular weight is 241 g/mol. The van der Waals surface area contributed by atoms with Crippen LogP contribution in [0.15, 0.2) is 12.1 Å². The first-order valence-electron chi connectivity index (χ1n) is 5.40. The number of halogens is 1. The predicted octanol–water partition coefficient (Wildman–Crippen LogP) is 3.67. The molecule has 88 valence electrons. The summed E-state index contributed by atoms with van der Waals surface area (Å²) in [6.45, 7) is 4.42. The Morgan fingerprint density at radius 2 is 1.75 bits per heavy atom. The first-order valence-corrected chi connectivity index (χ1v) is 5.83. The minimum atomic E-state index is 0.0739. The molecule has 0 aromatic heterocycles. The third-order valence-corrected chi connectivity index (χ3v) is 3.70. The quantitative estimate of drug-likeness (QED) is 0.735. The van der Waals surface area contributed by atoms with Gasteiger partial charge in [-0.15, -0.1) is 11.6 Å². The molecule has 2 rings (SSSR count). The summed E-state index contributed by atoms with van der Waals surface area (Å²) in [7, 11) is 3.30. The van der Waals surface area contributed by atoms with Gasteiger partial charge in [-0.25, -0.2) is 0 Å². The zero-order valence-corrected chi connectivity index (χ0v) is 10.9.